The fraction of sp³-hybridized carbons (Fsp3) is 0.208. The van der Waals surface area contributed by atoms with E-state index in [1.165, 1.54) is 28.4 Å². The minimum atomic E-state index is -0.421. The van der Waals surface area contributed by atoms with Crippen LogP contribution in [0.2, 0.25) is 0 Å². The number of hydrogen-bond acceptors (Lipinski definition) is 7. The molecule has 10 heteroatoms. The van der Waals surface area contributed by atoms with Crippen LogP contribution in [0, 0.1) is 6.92 Å². The molecule has 0 fully saturated rings. The smallest absolute Gasteiger partial charge is 0.261 e. The second kappa shape index (κ2) is 8.07. The van der Waals surface area contributed by atoms with Crippen molar-refractivity contribution in [2.45, 2.75) is 26.8 Å². The van der Waals surface area contributed by atoms with Crippen molar-refractivity contribution in [1.82, 2.24) is 19.7 Å². The molecule has 0 aliphatic carbocycles. The van der Waals surface area contributed by atoms with Gasteiger partial charge in [-0.2, -0.15) is 9.78 Å². The summed E-state index contributed by atoms with van der Waals surface area (Å²) < 4.78 is 7.79. The van der Waals surface area contributed by atoms with Crippen LogP contribution in [0.4, 0.5) is 5.82 Å². The van der Waals surface area contributed by atoms with Gasteiger partial charge in [0.05, 0.1) is 34.1 Å². The summed E-state index contributed by atoms with van der Waals surface area (Å²) in [6, 6.07) is 11.6. The van der Waals surface area contributed by atoms with Crippen molar-refractivity contribution in [3.05, 3.63) is 64.8 Å². The van der Waals surface area contributed by atoms with E-state index >= 15 is 0 Å². The molecule has 0 saturated carbocycles. The van der Waals surface area contributed by atoms with Crippen molar-refractivity contribution in [2.24, 2.45) is 0 Å². The molecular formula is C24H21N5O4S. The first-order chi connectivity index (χ1) is 16.3. The average Bonchev–Trinajstić information content (AvgIpc) is 3.46. The Hall–Kier alpha value is -4.05. The third kappa shape index (κ3) is 3.52. The fourth-order valence-electron chi connectivity index (χ4n) is 3.90. The number of carbonyl (C=O) groups excluding carboxylic acids is 3. The molecule has 5 rings (SSSR count). The Balaban J connectivity index is 1.45. The summed E-state index contributed by atoms with van der Waals surface area (Å²) in [6.07, 6.45) is 0. The predicted octanol–water partition coefficient (Wildman–Crippen LogP) is 4.06. The number of amides is 3. The summed E-state index contributed by atoms with van der Waals surface area (Å²) in [6.45, 7) is 5.37. The zero-order chi connectivity index (χ0) is 24.1. The number of fused-ring (bicyclic) bond motifs is 2. The SMILES string of the molecule is COc1ccc2nc(-n3nc(C)cc3NC(=O)c3ccc4c(c3)C(=O)N(C(C)C)C4=O)sc2c1. The Morgan fingerprint density at radius 1 is 1.06 bits per heavy atom. The van der Waals surface area contributed by atoms with Crippen LogP contribution in [-0.2, 0) is 0 Å². The summed E-state index contributed by atoms with van der Waals surface area (Å²) in [5.41, 5.74) is 2.30. The molecule has 3 amide bonds. The molecule has 2 aromatic carbocycles. The Labute approximate surface area is 199 Å². The number of nitrogens with one attached hydrogen (secondary N) is 1. The van der Waals surface area contributed by atoms with Gasteiger partial charge in [0.2, 0.25) is 5.13 Å². The zero-order valence-electron chi connectivity index (χ0n) is 18.9. The average molecular weight is 476 g/mol. The van der Waals surface area contributed by atoms with Gasteiger partial charge in [0.1, 0.15) is 11.6 Å². The molecule has 1 N–H and O–H groups in total. The van der Waals surface area contributed by atoms with Gasteiger partial charge in [0.15, 0.2) is 0 Å². The van der Waals surface area contributed by atoms with Gasteiger partial charge in [0.25, 0.3) is 17.7 Å². The van der Waals surface area contributed by atoms with E-state index in [0.29, 0.717) is 22.2 Å². The highest BCUT2D eigenvalue weighted by molar-refractivity contribution is 7.20. The number of hydrogen-bond donors (Lipinski definition) is 1. The number of anilines is 1. The van der Waals surface area contributed by atoms with Crippen LogP contribution in [0.3, 0.4) is 0 Å². The first-order valence-electron chi connectivity index (χ1n) is 10.6. The quantitative estimate of drug-likeness (QED) is 0.437. The summed E-state index contributed by atoms with van der Waals surface area (Å²) in [7, 11) is 1.61. The van der Waals surface area contributed by atoms with Crippen LogP contribution in [0.1, 0.15) is 50.6 Å². The van der Waals surface area contributed by atoms with Gasteiger partial charge in [0, 0.05) is 17.7 Å². The van der Waals surface area contributed by atoms with E-state index < -0.39 is 11.8 Å². The highest BCUT2D eigenvalue weighted by atomic mass is 32.1. The summed E-state index contributed by atoms with van der Waals surface area (Å²) in [5.74, 6) is 0.0160. The maximum atomic E-state index is 13.1. The van der Waals surface area contributed by atoms with E-state index in [0.717, 1.165) is 16.0 Å². The molecule has 0 bridgehead atoms. The molecule has 0 saturated heterocycles. The lowest BCUT2D eigenvalue weighted by Crippen LogP contribution is -2.35. The van der Waals surface area contributed by atoms with Gasteiger partial charge < -0.3 is 10.1 Å². The van der Waals surface area contributed by atoms with Crippen LogP contribution in [-0.4, -0.2) is 50.5 Å². The molecule has 0 unspecified atom stereocenters. The van der Waals surface area contributed by atoms with Crippen LogP contribution < -0.4 is 10.1 Å². The monoisotopic (exact) mass is 475 g/mol. The lowest BCUT2D eigenvalue weighted by atomic mass is 10.1. The molecular weight excluding hydrogens is 454 g/mol. The number of carbonyl (C=O) groups is 3. The highest BCUT2D eigenvalue weighted by Gasteiger charge is 2.37. The van der Waals surface area contributed by atoms with Gasteiger partial charge in [-0.25, -0.2) is 4.98 Å². The van der Waals surface area contributed by atoms with Gasteiger partial charge in [-0.05, 0) is 57.2 Å². The molecule has 0 spiro atoms. The Morgan fingerprint density at radius 3 is 2.56 bits per heavy atom. The van der Waals surface area contributed by atoms with Crippen molar-refractivity contribution in [1.29, 1.82) is 0 Å². The van der Waals surface area contributed by atoms with Crippen molar-refractivity contribution < 1.29 is 19.1 Å². The molecule has 2 aromatic heterocycles. The molecule has 1 aliphatic rings. The summed E-state index contributed by atoms with van der Waals surface area (Å²) >= 11 is 1.42. The number of aryl methyl sites for hydroxylation is 1. The minimum absolute atomic E-state index is 0.233. The van der Waals surface area contributed by atoms with E-state index in [2.05, 4.69) is 15.4 Å². The number of ether oxygens (including phenoxy) is 1. The molecule has 0 atom stereocenters. The Kier molecular flexibility index (Phi) is 5.17. The van der Waals surface area contributed by atoms with E-state index in [1.807, 2.05) is 25.1 Å². The normalized spacial score (nSPS) is 13.1. The zero-order valence-corrected chi connectivity index (χ0v) is 19.8. The van der Waals surface area contributed by atoms with E-state index in [1.54, 1.807) is 37.8 Å². The van der Waals surface area contributed by atoms with Crippen molar-refractivity contribution in [3.63, 3.8) is 0 Å². The van der Waals surface area contributed by atoms with Gasteiger partial charge in [-0.3, -0.25) is 19.3 Å². The number of aromatic nitrogens is 3. The molecule has 3 heterocycles. The lowest BCUT2D eigenvalue weighted by molar-refractivity contribution is 0.0609. The first kappa shape index (κ1) is 21.8. The third-order valence-electron chi connectivity index (χ3n) is 5.54. The van der Waals surface area contributed by atoms with Gasteiger partial charge >= 0.3 is 0 Å². The summed E-state index contributed by atoms with van der Waals surface area (Å²) in [4.78, 5) is 44.1. The number of nitrogens with zero attached hydrogens (tertiary/aromatic N) is 4. The van der Waals surface area contributed by atoms with Crippen LogP contribution >= 0.6 is 11.3 Å². The second-order valence-electron chi connectivity index (χ2n) is 8.20. The Bertz CT molecular complexity index is 1490. The topological polar surface area (TPSA) is 106 Å². The molecule has 0 radical (unpaired) electrons. The standard InChI is InChI=1S/C24H21N5O4S/c1-12(2)28-22(31)16-7-5-14(10-17(16)23(28)32)21(30)26-20-9-13(3)27-29(20)24-25-18-8-6-15(33-4)11-19(18)34-24/h5-12H,1-4H3,(H,26,30). The van der Waals surface area contributed by atoms with Crippen LogP contribution in [0.25, 0.3) is 15.3 Å². The van der Waals surface area contributed by atoms with Crippen LogP contribution in [0.5, 0.6) is 5.75 Å². The van der Waals surface area contributed by atoms with E-state index in [4.69, 9.17) is 4.74 Å². The maximum absolute atomic E-state index is 13.1. The number of thiazole rings is 1. The van der Waals surface area contributed by atoms with Crippen LogP contribution in [0.15, 0.2) is 42.5 Å². The predicted molar refractivity (Wildman–Crippen MR) is 128 cm³/mol. The number of benzene rings is 2. The molecule has 9 nitrogen and oxygen atoms in total. The lowest BCUT2D eigenvalue weighted by Gasteiger charge is -2.17. The molecule has 4 aromatic rings. The van der Waals surface area contributed by atoms with Gasteiger partial charge in [-0.1, -0.05) is 11.3 Å². The number of rotatable bonds is 5. The van der Waals surface area contributed by atoms with E-state index in [-0.39, 0.29) is 23.1 Å². The number of methoxy groups -OCH3 is 1. The summed E-state index contributed by atoms with van der Waals surface area (Å²) in [5, 5.41) is 7.94. The highest BCUT2D eigenvalue weighted by Crippen LogP contribution is 2.30. The second-order valence-corrected chi connectivity index (χ2v) is 9.21. The van der Waals surface area contributed by atoms with E-state index in [9.17, 15) is 14.4 Å². The fourth-order valence-corrected chi connectivity index (χ4v) is 4.86. The maximum Gasteiger partial charge on any atom is 0.261 e. The van der Waals surface area contributed by atoms with Crippen molar-refractivity contribution >= 4 is 45.1 Å². The number of imide groups is 1. The third-order valence-corrected chi connectivity index (χ3v) is 6.53. The Morgan fingerprint density at radius 2 is 1.82 bits per heavy atom. The first-order valence-corrected chi connectivity index (χ1v) is 11.4. The molecule has 1 aliphatic heterocycles. The molecule has 172 valence electrons. The molecule has 34 heavy (non-hydrogen) atoms. The van der Waals surface area contributed by atoms with Crippen molar-refractivity contribution in [2.75, 3.05) is 12.4 Å². The largest absolute Gasteiger partial charge is 0.497 e. The van der Waals surface area contributed by atoms with Crippen molar-refractivity contribution in [3.8, 4) is 10.9 Å². The minimum Gasteiger partial charge on any atom is -0.497 e. The van der Waals surface area contributed by atoms with Gasteiger partial charge in [-0.15, -0.1) is 0 Å².